The number of hydrogen-bond acceptors (Lipinski definition) is 5. The maximum atomic E-state index is 6.06. The van der Waals surface area contributed by atoms with Gasteiger partial charge in [0.05, 0.1) is 12.8 Å². The third-order valence-electron chi connectivity index (χ3n) is 3.85. The Kier molecular flexibility index (Phi) is 6.28. The molecule has 0 atom stereocenters. The van der Waals surface area contributed by atoms with Gasteiger partial charge in [-0.3, -0.25) is 0 Å². The number of nitrogens with zero attached hydrogens (tertiary/aromatic N) is 2. The fourth-order valence-electron chi connectivity index (χ4n) is 2.57. The summed E-state index contributed by atoms with van der Waals surface area (Å²) in [6.45, 7) is 0.839. The number of halogens is 1. The number of nitrogens with one attached hydrogen (secondary N) is 2. The van der Waals surface area contributed by atoms with Crippen molar-refractivity contribution in [2.45, 2.75) is 12.8 Å². The Morgan fingerprint density at radius 2 is 1.92 bits per heavy atom. The van der Waals surface area contributed by atoms with Gasteiger partial charge in [-0.25, -0.2) is 4.98 Å². The van der Waals surface area contributed by atoms with Crippen LogP contribution in [0.1, 0.15) is 12.0 Å². The number of rotatable bonds is 8. The molecule has 134 valence electrons. The molecule has 0 radical (unpaired) electrons. The van der Waals surface area contributed by atoms with E-state index in [1.807, 2.05) is 12.1 Å². The van der Waals surface area contributed by atoms with Crippen molar-refractivity contribution in [3.63, 3.8) is 0 Å². The Morgan fingerprint density at radius 3 is 2.73 bits per heavy atom. The van der Waals surface area contributed by atoms with Crippen LogP contribution in [0.5, 0.6) is 5.75 Å². The quantitative estimate of drug-likeness (QED) is 0.552. The average Bonchev–Trinajstić information content (AvgIpc) is 2.67. The zero-order valence-corrected chi connectivity index (χ0v) is 15.3. The number of benzene rings is 2. The molecule has 1 heterocycles. The van der Waals surface area contributed by atoms with Gasteiger partial charge in [-0.15, -0.1) is 0 Å². The van der Waals surface area contributed by atoms with E-state index in [1.54, 1.807) is 31.5 Å². The summed E-state index contributed by atoms with van der Waals surface area (Å²) in [7, 11) is 1.61. The van der Waals surface area contributed by atoms with E-state index in [-0.39, 0.29) is 0 Å². The van der Waals surface area contributed by atoms with Crippen LogP contribution in [-0.4, -0.2) is 23.6 Å². The van der Waals surface area contributed by atoms with Gasteiger partial charge in [0.15, 0.2) is 0 Å². The van der Waals surface area contributed by atoms with Crippen LogP contribution in [0.2, 0.25) is 5.02 Å². The van der Waals surface area contributed by atoms with E-state index in [0.717, 1.165) is 30.9 Å². The molecule has 0 saturated carbocycles. The first kappa shape index (κ1) is 18.0. The first-order valence-electron chi connectivity index (χ1n) is 8.46. The second-order valence-electron chi connectivity index (χ2n) is 5.75. The molecule has 0 saturated heterocycles. The Morgan fingerprint density at radius 1 is 1.08 bits per heavy atom. The van der Waals surface area contributed by atoms with E-state index in [1.165, 1.54) is 5.56 Å². The highest BCUT2D eigenvalue weighted by atomic mass is 35.5. The van der Waals surface area contributed by atoms with Crippen molar-refractivity contribution in [1.29, 1.82) is 0 Å². The molecule has 2 N–H and O–H groups in total. The van der Waals surface area contributed by atoms with Crippen molar-refractivity contribution in [1.82, 2.24) is 9.97 Å². The SMILES string of the molecule is COc1ccc(Cl)cc1Nc1nccc(NCCCc2ccccc2)n1. The van der Waals surface area contributed by atoms with Crippen LogP contribution in [0.4, 0.5) is 17.5 Å². The van der Waals surface area contributed by atoms with Crippen molar-refractivity contribution in [2.75, 3.05) is 24.3 Å². The fraction of sp³-hybridized carbons (Fsp3) is 0.200. The van der Waals surface area contributed by atoms with E-state index in [4.69, 9.17) is 16.3 Å². The third kappa shape index (κ3) is 5.10. The van der Waals surface area contributed by atoms with E-state index in [2.05, 4.69) is 44.9 Å². The van der Waals surface area contributed by atoms with Gasteiger partial charge >= 0.3 is 0 Å². The first-order valence-corrected chi connectivity index (χ1v) is 8.84. The van der Waals surface area contributed by atoms with Crippen molar-refractivity contribution in [2.24, 2.45) is 0 Å². The summed E-state index contributed by atoms with van der Waals surface area (Å²) in [5.74, 6) is 1.94. The Hall–Kier alpha value is -2.79. The number of methoxy groups -OCH3 is 1. The smallest absolute Gasteiger partial charge is 0.229 e. The largest absolute Gasteiger partial charge is 0.495 e. The summed E-state index contributed by atoms with van der Waals surface area (Å²) in [6.07, 6.45) is 3.77. The van der Waals surface area contributed by atoms with Crippen LogP contribution < -0.4 is 15.4 Å². The minimum absolute atomic E-state index is 0.485. The lowest BCUT2D eigenvalue weighted by atomic mass is 10.1. The molecule has 2 aromatic carbocycles. The maximum absolute atomic E-state index is 6.06. The first-order chi connectivity index (χ1) is 12.7. The van der Waals surface area contributed by atoms with E-state index in [0.29, 0.717) is 16.7 Å². The van der Waals surface area contributed by atoms with Crippen LogP contribution in [0.3, 0.4) is 0 Å². The third-order valence-corrected chi connectivity index (χ3v) is 4.09. The van der Waals surface area contributed by atoms with Gasteiger partial charge in [-0.2, -0.15) is 4.98 Å². The number of anilines is 3. The standard InChI is InChI=1S/C20H21ClN4O/c1-26-18-10-9-16(21)14-17(18)24-20-23-13-11-19(25-20)22-12-5-8-15-6-3-2-4-7-15/h2-4,6-7,9-11,13-14H,5,8,12H2,1H3,(H2,22,23,24,25). The van der Waals surface area contributed by atoms with E-state index < -0.39 is 0 Å². The highest BCUT2D eigenvalue weighted by molar-refractivity contribution is 6.31. The van der Waals surface area contributed by atoms with Crippen LogP contribution in [0, 0.1) is 0 Å². The van der Waals surface area contributed by atoms with Crippen molar-refractivity contribution >= 4 is 29.1 Å². The van der Waals surface area contributed by atoms with Gasteiger partial charge in [0.1, 0.15) is 11.6 Å². The Bertz CT molecular complexity index is 842. The summed E-state index contributed by atoms with van der Waals surface area (Å²) in [5, 5.41) is 7.10. The van der Waals surface area contributed by atoms with Gasteiger partial charge in [-0.05, 0) is 42.7 Å². The van der Waals surface area contributed by atoms with E-state index in [9.17, 15) is 0 Å². The monoisotopic (exact) mass is 368 g/mol. The molecular weight excluding hydrogens is 348 g/mol. The second-order valence-corrected chi connectivity index (χ2v) is 6.19. The van der Waals surface area contributed by atoms with E-state index >= 15 is 0 Å². The second kappa shape index (κ2) is 9.06. The van der Waals surface area contributed by atoms with Crippen LogP contribution in [0.25, 0.3) is 0 Å². The molecule has 6 heteroatoms. The lowest BCUT2D eigenvalue weighted by Crippen LogP contribution is -2.06. The van der Waals surface area contributed by atoms with Crippen molar-refractivity contribution in [3.05, 3.63) is 71.4 Å². The van der Waals surface area contributed by atoms with Crippen molar-refractivity contribution in [3.8, 4) is 5.75 Å². The topological polar surface area (TPSA) is 59.1 Å². The Labute approximate surface area is 158 Å². The molecule has 0 aliphatic heterocycles. The molecule has 26 heavy (non-hydrogen) atoms. The Balaban J connectivity index is 1.57. The predicted molar refractivity (Wildman–Crippen MR) is 107 cm³/mol. The molecule has 0 fully saturated rings. The van der Waals surface area contributed by atoms with Gasteiger partial charge in [0.2, 0.25) is 5.95 Å². The summed E-state index contributed by atoms with van der Waals surface area (Å²) in [6, 6.07) is 17.7. The van der Waals surface area contributed by atoms with Gasteiger partial charge in [0, 0.05) is 17.8 Å². The minimum Gasteiger partial charge on any atom is -0.495 e. The van der Waals surface area contributed by atoms with Crippen LogP contribution in [0.15, 0.2) is 60.8 Å². The summed E-state index contributed by atoms with van der Waals surface area (Å²) >= 11 is 6.06. The molecule has 0 aliphatic rings. The number of aromatic nitrogens is 2. The highest BCUT2D eigenvalue weighted by Crippen LogP contribution is 2.29. The summed E-state index contributed by atoms with van der Waals surface area (Å²) < 4.78 is 5.33. The zero-order chi connectivity index (χ0) is 18.2. The maximum Gasteiger partial charge on any atom is 0.229 e. The lowest BCUT2D eigenvalue weighted by molar-refractivity contribution is 0.417. The number of hydrogen-bond donors (Lipinski definition) is 2. The molecule has 0 bridgehead atoms. The average molecular weight is 369 g/mol. The molecular formula is C20H21ClN4O. The minimum atomic E-state index is 0.485. The summed E-state index contributed by atoms with van der Waals surface area (Å²) in [4.78, 5) is 8.74. The molecule has 3 aromatic rings. The molecule has 3 rings (SSSR count). The number of ether oxygens (including phenoxy) is 1. The summed E-state index contributed by atoms with van der Waals surface area (Å²) in [5.41, 5.74) is 2.06. The van der Waals surface area contributed by atoms with Crippen LogP contribution >= 0.6 is 11.6 Å². The van der Waals surface area contributed by atoms with Crippen LogP contribution in [-0.2, 0) is 6.42 Å². The molecule has 0 spiro atoms. The fourth-order valence-corrected chi connectivity index (χ4v) is 2.74. The predicted octanol–water partition coefficient (Wildman–Crippen LogP) is 4.93. The normalized spacial score (nSPS) is 10.4. The van der Waals surface area contributed by atoms with Crippen molar-refractivity contribution < 1.29 is 4.74 Å². The van der Waals surface area contributed by atoms with Gasteiger partial charge < -0.3 is 15.4 Å². The molecule has 0 aliphatic carbocycles. The highest BCUT2D eigenvalue weighted by Gasteiger charge is 2.06. The molecule has 0 amide bonds. The molecule has 5 nitrogen and oxygen atoms in total. The molecule has 0 unspecified atom stereocenters. The molecule has 1 aromatic heterocycles. The number of aryl methyl sites for hydroxylation is 1. The lowest BCUT2D eigenvalue weighted by Gasteiger charge is -2.11. The zero-order valence-electron chi connectivity index (χ0n) is 14.6. The van der Waals surface area contributed by atoms with Gasteiger partial charge in [-0.1, -0.05) is 41.9 Å². The van der Waals surface area contributed by atoms with Gasteiger partial charge in [0.25, 0.3) is 0 Å².